The number of rotatable bonds is 5. The van der Waals surface area contributed by atoms with Gasteiger partial charge in [-0.3, -0.25) is 9.59 Å². The molecule has 0 saturated heterocycles. The van der Waals surface area contributed by atoms with E-state index in [1.807, 2.05) is 104 Å². The van der Waals surface area contributed by atoms with Crippen LogP contribution in [0.4, 0.5) is 11.4 Å². The predicted molar refractivity (Wildman–Crippen MR) is 242 cm³/mol. The van der Waals surface area contributed by atoms with Crippen LogP contribution in [0, 0.1) is 13.8 Å². The number of nitrogen functional groups attached to an aromatic ring is 1. The Labute approximate surface area is 366 Å². The number of carbonyl (C=O) groups is 2. The number of ether oxygens (including phenoxy) is 1. The van der Waals surface area contributed by atoms with E-state index in [9.17, 15) is 9.59 Å². The summed E-state index contributed by atoms with van der Waals surface area (Å²) in [5.74, 6) is 1.07. The van der Waals surface area contributed by atoms with Crippen LogP contribution in [0.3, 0.4) is 0 Å². The van der Waals surface area contributed by atoms with E-state index in [2.05, 4.69) is 103 Å². The third-order valence-electron chi connectivity index (χ3n) is 7.65. The molecule has 0 aliphatic rings. The third kappa shape index (κ3) is 12.4. The van der Waals surface area contributed by atoms with E-state index >= 15 is 0 Å². The molecule has 3 N–H and O–H groups in total. The van der Waals surface area contributed by atoms with E-state index in [0.29, 0.717) is 22.8 Å². The number of carbonyl (C=O) groups excluding carboxylic acids is 2. The van der Waals surface area contributed by atoms with Crippen molar-refractivity contribution in [2.45, 2.75) is 13.8 Å². The van der Waals surface area contributed by atoms with Gasteiger partial charge in [-0.05, 0) is 177 Å². The molecule has 7 nitrogen and oxygen atoms in total. The minimum Gasteiger partial charge on any atom is -0.496 e. The van der Waals surface area contributed by atoms with E-state index in [4.69, 9.17) is 26.5 Å². The van der Waals surface area contributed by atoms with Gasteiger partial charge in [0.2, 0.25) is 5.89 Å². The highest BCUT2D eigenvalue weighted by Gasteiger charge is 2.13. The molecule has 13 heteroatoms. The van der Waals surface area contributed by atoms with Crippen molar-refractivity contribution in [1.82, 2.24) is 4.98 Å². The average molecular weight is 1080 g/mol. The van der Waals surface area contributed by atoms with Gasteiger partial charge in [-0.2, -0.15) is 0 Å². The molecule has 1 amide bonds. The summed E-state index contributed by atoms with van der Waals surface area (Å²) in [5.41, 5.74) is 13.0. The van der Waals surface area contributed by atoms with E-state index < -0.39 is 5.24 Å². The number of halogens is 6. The van der Waals surface area contributed by atoms with Crippen molar-refractivity contribution in [3.63, 3.8) is 0 Å². The predicted octanol–water partition coefficient (Wildman–Crippen LogP) is 14.2. The number of para-hydroxylation sites is 4. The first kappa shape index (κ1) is 43.9. The normalized spacial score (nSPS) is 10.1. The van der Waals surface area contributed by atoms with Crippen LogP contribution >= 0.6 is 91.3 Å². The lowest BCUT2D eigenvalue weighted by Gasteiger charge is -2.10. The quantitative estimate of drug-likeness (QED) is 0.131. The molecule has 0 fully saturated rings. The molecular weight excluding hydrogens is 1050 g/mol. The Hall–Kier alpha value is -3.78. The van der Waals surface area contributed by atoms with Crippen LogP contribution in [0.2, 0.25) is 0 Å². The van der Waals surface area contributed by atoms with Gasteiger partial charge in [0.15, 0.2) is 5.58 Å². The molecule has 0 saturated carbocycles. The highest BCUT2D eigenvalue weighted by Crippen LogP contribution is 2.32. The number of nitrogens with one attached hydrogen (secondary N) is 1. The number of hydrogen-bond acceptors (Lipinski definition) is 6. The van der Waals surface area contributed by atoms with Crippen molar-refractivity contribution < 1.29 is 18.7 Å². The summed E-state index contributed by atoms with van der Waals surface area (Å²) in [6.07, 6.45) is 0. The van der Waals surface area contributed by atoms with Gasteiger partial charge in [-0.1, -0.05) is 66.7 Å². The zero-order valence-corrected chi connectivity index (χ0v) is 38.2. The van der Waals surface area contributed by atoms with Crippen molar-refractivity contribution in [2.24, 2.45) is 0 Å². The van der Waals surface area contributed by atoms with Gasteiger partial charge in [0.25, 0.3) is 11.1 Å². The fourth-order valence-corrected chi connectivity index (χ4v) is 7.57. The van der Waals surface area contributed by atoms with Gasteiger partial charge in [0.1, 0.15) is 11.3 Å². The average Bonchev–Trinajstić information content (AvgIpc) is 3.62. The topological polar surface area (TPSA) is 107 Å². The second kappa shape index (κ2) is 21.5. The number of anilines is 2. The molecule has 0 atom stereocenters. The van der Waals surface area contributed by atoms with Gasteiger partial charge < -0.3 is 20.2 Å². The van der Waals surface area contributed by atoms with Crippen molar-refractivity contribution >= 4 is 125 Å². The molecule has 55 heavy (non-hydrogen) atoms. The molecule has 0 aliphatic carbocycles. The molecule has 1 heterocycles. The Morgan fingerprint density at radius 3 is 1.69 bits per heavy atom. The fraction of sp³-hybridized carbons (Fsp3) is 0.0714. The number of aryl methyl sites for hydroxylation is 2. The van der Waals surface area contributed by atoms with Crippen LogP contribution in [0.5, 0.6) is 5.75 Å². The summed E-state index contributed by atoms with van der Waals surface area (Å²) in [4.78, 5) is 27.4. The smallest absolute Gasteiger partial charge is 0.256 e. The number of nitrogens with zero attached hydrogens (tertiary/aromatic N) is 1. The van der Waals surface area contributed by atoms with Crippen LogP contribution in [0.1, 0.15) is 31.8 Å². The number of amides is 1. The SMILES string of the molecule is COc1ccccc1C(=O)Cl.Cc1ccccc1-c1nc2c(Br)cccc2o1.Cc1ccccc1C(=O)Nc1c(Br)cccc1Br.Nc1c(Br)cccc1Br. The van der Waals surface area contributed by atoms with Crippen molar-refractivity contribution in [3.05, 3.63) is 172 Å². The molecule has 282 valence electrons. The van der Waals surface area contributed by atoms with E-state index in [-0.39, 0.29) is 5.91 Å². The lowest BCUT2D eigenvalue weighted by molar-refractivity contribution is 0.102. The summed E-state index contributed by atoms with van der Waals surface area (Å²) in [6, 6.07) is 39.6. The molecule has 0 bridgehead atoms. The number of oxazole rings is 1. The van der Waals surface area contributed by atoms with Crippen LogP contribution in [-0.2, 0) is 0 Å². The van der Waals surface area contributed by atoms with E-state index in [1.54, 1.807) is 24.3 Å². The first-order valence-corrected chi connectivity index (χ1v) is 20.6. The summed E-state index contributed by atoms with van der Waals surface area (Å²) in [6.45, 7) is 3.98. The lowest BCUT2D eigenvalue weighted by Crippen LogP contribution is -2.14. The number of nitrogens with two attached hydrogens (primary N) is 1. The minimum atomic E-state index is -0.498. The third-order valence-corrected chi connectivity index (χ3v) is 11.2. The van der Waals surface area contributed by atoms with Crippen LogP contribution in [-0.4, -0.2) is 23.2 Å². The standard InChI is InChI=1S/C14H11Br2NO.C14H10BrNO.C8H7ClO2.C6H5Br2N/c1-9-5-2-3-6-10(9)14(18)17-13-11(15)7-4-8-12(13)16;1-9-5-2-3-6-10(9)14-16-13-11(15)7-4-8-12(13)17-14;1-11-7-5-3-2-4-6(7)8(9)10;7-4-2-1-3-5(8)6(4)9/h2-8H,1H3,(H,17,18);2-8H,1H3;2-5H,1H3;1-3H,9H2. The van der Waals surface area contributed by atoms with E-state index in [0.717, 1.165) is 61.5 Å². The lowest BCUT2D eigenvalue weighted by atomic mass is 10.1. The van der Waals surface area contributed by atoms with Crippen molar-refractivity contribution in [2.75, 3.05) is 18.2 Å². The van der Waals surface area contributed by atoms with Crippen LogP contribution < -0.4 is 15.8 Å². The Bertz CT molecular complexity index is 2380. The van der Waals surface area contributed by atoms with Gasteiger partial charge in [-0.25, -0.2) is 4.98 Å². The first-order valence-electron chi connectivity index (χ1n) is 16.3. The van der Waals surface area contributed by atoms with E-state index in [1.165, 1.54) is 7.11 Å². The Morgan fingerprint density at radius 2 is 1.16 bits per heavy atom. The summed E-state index contributed by atoms with van der Waals surface area (Å²) >= 11 is 22.2. The minimum absolute atomic E-state index is 0.110. The molecule has 0 spiro atoms. The van der Waals surface area contributed by atoms with Gasteiger partial charge in [-0.15, -0.1) is 0 Å². The number of fused-ring (bicyclic) bond motifs is 1. The largest absolute Gasteiger partial charge is 0.496 e. The van der Waals surface area contributed by atoms with Gasteiger partial charge >= 0.3 is 0 Å². The van der Waals surface area contributed by atoms with Gasteiger partial charge in [0.05, 0.1) is 24.0 Å². The molecule has 6 aromatic carbocycles. The number of aromatic nitrogens is 1. The Balaban J connectivity index is 0.000000169. The molecular formula is C42H33Br5ClN3O4. The zero-order chi connectivity index (χ0) is 40.1. The second-order valence-electron chi connectivity index (χ2n) is 11.4. The maximum Gasteiger partial charge on any atom is 0.256 e. The fourth-order valence-electron chi connectivity index (χ4n) is 4.79. The second-order valence-corrected chi connectivity index (χ2v) is 16.0. The molecule has 0 radical (unpaired) electrons. The highest BCUT2D eigenvalue weighted by atomic mass is 79.9. The van der Waals surface area contributed by atoms with Gasteiger partial charge in [0, 0.05) is 33.5 Å². The number of hydrogen-bond donors (Lipinski definition) is 2. The molecule has 0 unspecified atom stereocenters. The maximum absolute atomic E-state index is 12.2. The van der Waals surface area contributed by atoms with Crippen molar-refractivity contribution in [3.8, 4) is 17.2 Å². The Kier molecular flexibility index (Phi) is 17.2. The molecule has 0 aliphatic heterocycles. The highest BCUT2D eigenvalue weighted by molar-refractivity contribution is 9.11. The number of benzene rings is 6. The van der Waals surface area contributed by atoms with Crippen molar-refractivity contribution in [1.29, 1.82) is 0 Å². The monoisotopic (exact) mass is 1070 g/mol. The molecule has 7 aromatic rings. The molecule has 7 rings (SSSR count). The molecule has 1 aromatic heterocycles. The summed E-state index contributed by atoms with van der Waals surface area (Å²) < 4.78 is 15.2. The maximum atomic E-state index is 12.2. The summed E-state index contributed by atoms with van der Waals surface area (Å²) in [7, 11) is 1.50. The number of methoxy groups -OCH3 is 1. The zero-order valence-electron chi connectivity index (χ0n) is 29.5. The summed E-state index contributed by atoms with van der Waals surface area (Å²) in [5, 5.41) is 2.41. The Morgan fingerprint density at radius 1 is 0.655 bits per heavy atom. The van der Waals surface area contributed by atoms with Crippen LogP contribution in [0.25, 0.3) is 22.6 Å². The van der Waals surface area contributed by atoms with Crippen LogP contribution in [0.15, 0.2) is 154 Å². The first-order chi connectivity index (χ1) is 26.3.